The van der Waals surface area contributed by atoms with Crippen molar-refractivity contribution >= 4 is 17.5 Å². The summed E-state index contributed by atoms with van der Waals surface area (Å²) in [7, 11) is 0. The fourth-order valence-corrected chi connectivity index (χ4v) is 1.64. The largest absolute Gasteiger partial charge is 0.464 e. The lowest BCUT2D eigenvalue weighted by molar-refractivity contribution is 0.312. The van der Waals surface area contributed by atoms with Crippen LogP contribution in [0.3, 0.4) is 0 Å². The highest BCUT2D eigenvalue weighted by Crippen LogP contribution is 2.20. The molecule has 0 saturated heterocycles. The lowest BCUT2D eigenvalue weighted by Gasteiger charge is -2.07. The molecule has 6 heteroatoms. The van der Waals surface area contributed by atoms with Crippen molar-refractivity contribution in [3.05, 3.63) is 29.3 Å². The van der Waals surface area contributed by atoms with Crippen LogP contribution < -0.4 is 10.1 Å². The average molecular weight is 279 g/mol. The van der Waals surface area contributed by atoms with E-state index in [1.54, 1.807) is 12.1 Å². The number of ether oxygens (including phenoxy) is 1. The summed E-state index contributed by atoms with van der Waals surface area (Å²) in [5.74, 6) is 1.07. The number of benzene rings is 1. The van der Waals surface area contributed by atoms with Crippen LogP contribution >= 0.6 is 11.6 Å². The highest BCUT2D eigenvalue weighted by Gasteiger charge is 2.08. The predicted molar refractivity (Wildman–Crippen MR) is 75.6 cm³/mol. The first-order valence-corrected chi connectivity index (χ1v) is 6.49. The number of hydrogen-bond acceptors (Lipinski definition) is 5. The number of halogens is 1. The van der Waals surface area contributed by atoms with E-state index in [2.05, 4.69) is 20.3 Å². The molecule has 0 aliphatic carbocycles. The summed E-state index contributed by atoms with van der Waals surface area (Å²) in [6.07, 6.45) is 0. The molecule has 0 saturated carbocycles. The topological polar surface area (TPSA) is 59.9 Å². The Balaban J connectivity index is 2.40. The first kappa shape index (κ1) is 13.5. The monoisotopic (exact) mass is 278 g/mol. The van der Waals surface area contributed by atoms with E-state index in [0.29, 0.717) is 29.4 Å². The summed E-state index contributed by atoms with van der Waals surface area (Å²) in [5, 5.41) is 3.74. The van der Waals surface area contributed by atoms with Crippen molar-refractivity contribution in [2.75, 3.05) is 18.5 Å². The molecule has 1 aromatic carbocycles. The summed E-state index contributed by atoms with van der Waals surface area (Å²) >= 11 is 5.87. The SMILES string of the molecule is CCNc1nc(OCC)nc(-c2ccc(Cl)cc2)n1. The van der Waals surface area contributed by atoms with Crippen molar-refractivity contribution in [1.82, 2.24) is 15.0 Å². The van der Waals surface area contributed by atoms with Gasteiger partial charge in [-0.1, -0.05) is 11.6 Å². The van der Waals surface area contributed by atoms with Gasteiger partial charge >= 0.3 is 6.01 Å². The average Bonchev–Trinajstić information content (AvgIpc) is 2.40. The van der Waals surface area contributed by atoms with Crippen molar-refractivity contribution in [1.29, 1.82) is 0 Å². The Hall–Kier alpha value is -1.88. The van der Waals surface area contributed by atoms with Crippen molar-refractivity contribution in [3.63, 3.8) is 0 Å². The van der Waals surface area contributed by atoms with Crippen LogP contribution in [0.1, 0.15) is 13.8 Å². The maximum Gasteiger partial charge on any atom is 0.321 e. The Morgan fingerprint density at radius 3 is 2.47 bits per heavy atom. The maximum atomic E-state index is 5.87. The van der Waals surface area contributed by atoms with Crippen LogP contribution in [0.2, 0.25) is 5.02 Å². The van der Waals surface area contributed by atoms with Crippen LogP contribution in [-0.4, -0.2) is 28.1 Å². The van der Waals surface area contributed by atoms with E-state index >= 15 is 0 Å². The smallest absolute Gasteiger partial charge is 0.321 e. The van der Waals surface area contributed by atoms with E-state index in [0.717, 1.165) is 12.1 Å². The first-order chi connectivity index (χ1) is 9.22. The summed E-state index contributed by atoms with van der Waals surface area (Å²) in [5.41, 5.74) is 0.868. The van der Waals surface area contributed by atoms with Crippen molar-refractivity contribution < 1.29 is 4.74 Å². The second-order valence-corrected chi connectivity index (χ2v) is 4.17. The zero-order chi connectivity index (χ0) is 13.7. The molecule has 2 rings (SSSR count). The molecule has 0 aliphatic rings. The third kappa shape index (κ3) is 3.54. The summed E-state index contributed by atoms with van der Waals surface area (Å²) in [6.45, 7) is 5.11. The molecule has 1 aromatic heterocycles. The Kier molecular flexibility index (Phi) is 4.52. The number of anilines is 1. The molecule has 0 aliphatic heterocycles. The summed E-state index contributed by atoms with van der Waals surface area (Å²) in [4.78, 5) is 12.8. The molecular weight excluding hydrogens is 264 g/mol. The van der Waals surface area contributed by atoms with Crippen LogP contribution in [0.25, 0.3) is 11.4 Å². The molecule has 0 radical (unpaired) electrons. The third-order valence-corrected chi connectivity index (χ3v) is 2.58. The Bertz CT molecular complexity index is 521. The second kappa shape index (κ2) is 6.33. The van der Waals surface area contributed by atoms with E-state index in [-0.39, 0.29) is 0 Å². The van der Waals surface area contributed by atoms with Crippen LogP contribution in [0.15, 0.2) is 24.3 Å². The number of rotatable bonds is 5. The minimum absolute atomic E-state index is 0.318. The van der Waals surface area contributed by atoms with Gasteiger partial charge in [-0.25, -0.2) is 0 Å². The van der Waals surface area contributed by atoms with Gasteiger partial charge in [0.15, 0.2) is 5.82 Å². The first-order valence-electron chi connectivity index (χ1n) is 6.11. The van der Waals surface area contributed by atoms with E-state index < -0.39 is 0 Å². The normalized spacial score (nSPS) is 10.3. The minimum Gasteiger partial charge on any atom is -0.464 e. The van der Waals surface area contributed by atoms with Crippen LogP contribution in [-0.2, 0) is 0 Å². The Morgan fingerprint density at radius 2 is 1.84 bits per heavy atom. The zero-order valence-electron chi connectivity index (χ0n) is 10.9. The van der Waals surface area contributed by atoms with E-state index in [1.165, 1.54) is 0 Å². The Morgan fingerprint density at radius 1 is 1.11 bits per heavy atom. The molecule has 0 fully saturated rings. The number of nitrogens with zero attached hydrogens (tertiary/aromatic N) is 3. The van der Waals surface area contributed by atoms with E-state index in [4.69, 9.17) is 16.3 Å². The summed E-state index contributed by atoms with van der Waals surface area (Å²) in [6, 6.07) is 7.65. The predicted octanol–water partition coefficient (Wildman–Crippen LogP) is 3.02. The van der Waals surface area contributed by atoms with E-state index in [1.807, 2.05) is 26.0 Å². The van der Waals surface area contributed by atoms with Crippen LogP contribution in [0.4, 0.5) is 5.95 Å². The number of aromatic nitrogens is 3. The fourth-order valence-electron chi connectivity index (χ4n) is 1.52. The Labute approximate surface area is 117 Å². The number of hydrogen-bond donors (Lipinski definition) is 1. The maximum absolute atomic E-state index is 5.87. The lowest BCUT2D eigenvalue weighted by Crippen LogP contribution is -2.07. The molecule has 0 amide bonds. The fraction of sp³-hybridized carbons (Fsp3) is 0.308. The molecule has 0 unspecified atom stereocenters. The third-order valence-electron chi connectivity index (χ3n) is 2.33. The minimum atomic E-state index is 0.318. The van der Waals surface area contributed by atoms with Gasteiger partial charge in [0, 0.05) is 17.1 Å². The second-order valence-electron chi connectivity index (χ2n) is 3.74. The van der Waals surface area contributed by atoms with E-state index in [9.17, 15) is 0 Å². The molecule has 2 aromatic rings. The highest BCUT2D eigenvalue weighted by atomic mass is 35.5. The van der Waals surface area contributed by atoms with Gasteiger partial charge in [0.2, 0.25) is 5.95 Å². The van der Waals surface area contributed by atoms with Gasteiger partial charge < -0.3 is 10.1 Å². The molecule has 1 heterocycles. The lowest BCUT2D eigenvalue weighted by atomic mass is 10.2. The molecule has 100 valence electrons. The molecule has 0 spiro atoms. The molecule has 0 atom stereocenters. The van der Waals surface area contributed by atoms with Crippen molar-refractivity contribution in [3.8, 4) is 17.4 Å². The van der Waals surface area contributed by atoms with Gasteiger partial charge in [0.1, 0.15) is 0 Å². The molecule has 1 N–H and O–H groups in total. The highest BCUT2D eigenvalue weighted by molar-refractivity contribution is 6.30. The molecule has 19 heavy (non-hydrogen) atoms. The standard InChI is InChI=1S/C13H15ClN4O/c1-3-15-12-16-11(17-13(18-12)19-4-2)9-5-7-10(14)8-6-9/h5-8H,3-4H2,1-2H3,(H,15,16,17,18). The van der Waals surface area contributed by atoms with Gasteiger partial charge in [0.25, 0.3) is 0 Å². The molecule has 5 nitrogen and oxygen atoms in total. The van der Waals surface area contributed by atoms with Crippen LogP contribution in [0, 0.1) is 0 Å². The molecule has 0 bridgehead atoms. The number of nitrogens with one attached hydrogen (secondary N) is 1. The van der Waals surface area contributed by atoms with Crippen LogP contribution in [0.5, 0.6) is 6.01 Å². The van der Waals surface area contributed by atoms with Gasteiger partial charge in [-0.2, -0.15) is 15.0 Å². The van der Waals surface area contributed by atoms with Gasteiger partial charge in [-0.15, -0.1) is 0 Å². The zero-order valence-corrected chi connectivity index (χ0v) is 11.6. The van der Waals surface area contributed by atoms with Crippen molar-refractivity contribution in [2.24, 2.45) is 0 Å². The van der Waals surface area contributed by atoms with Crippen molar-refractivity contribution in [2.45, 2.75) is 13.8 Å². The van der Waals surface area contributed by atoms with Gasteiger partial charge in [-0.3, -0.25) is 0 Å². The van der Waals surface area contributed by atoms with Gasteiger partial charge in [0.05, 0.1) is 6.61 Å². The quantitative estimate of drug-likeness (QED) is 0.911. The molecular formula is C13H15ClN4O. The summed E-state index contributed by atoms with van der Waals surface area (Å²) < 4.78 is 5.35. The van der Waals surface area contributed by atoms with Gasteiger partial charge in [-0.05, 0) is 38.1 Å².